The molecule has 0 radical (unpaired) electrons. The molecule has 1 aliphatic carbocycles. The Kier molecular flexibility index (Phi) is 10.9. The van der Waals surface area contributed by atoms with Crippen molar-refractivity contribution >= 4 is 39.1 Å². The maximum absolute atomic E-state index is 14.0. The number of nitrogens with zero attached hydrogens (tertiary/aromatic N) is 2. The van der Waals surface area contributed by atoms with Gasteiger partial charge in [0, 0.05) is 23.7 Å². The molecule has 0 saturated heterocycles. The summed E-state index contributed by atoms with van der Waals surface area (Å²) in [5.74, 6) is -0.141. The van der Waals surface area contributed by atoms with Crippen LogP contribution in [0.1, 0.15) is 51.0 Å². The molecule has 214 valence electrons. The number of nitrogens with one attached hydrogen (secondary N) is 1. The van der Waals surface area contributed by atoms with Gasteiger partial charge in [0.15, 0.2) is 0 Å². The fourth-order valence-corrected chi connectivity index (χ4v) is 5.90. The van der Waals surface area contributed by atoms with Gasteiger partial charge >= 0.3 is 0 Å². The van der Waals surface area contributed by atoms with E-state index in [2.05, 4.69) is 5.32 Å². The third-order valence-corrected chi connectivity index (χ3v) is 8.47. The van der Waals surface area contributed by atoms with Crippen LogP contribution in [0.25, 0.3) is 0 Å². The average Bonchev–Trinajstić information content (AvgIpc) is 2.92. The van der Waals surface area contributed by atoms with Crippen LogP contribution in [0.5, 0.6) is 11.5 Å². The average molecular weight is 580 g/mol. The van der Waals surface area contributed by atoms with Crippen LogP contribution in [0.2, 0.25) is 5.02 Å². The summed E-state index contributed by atoms with van der Waals surface area (Å²) < 4.78 is 37.6. The van der Waals surface area contributed by atoms with Crippen molar-refractivity contribution in [3.8, 4) is 11.5 Å². The molecule has 1 fully saturated rings. The van der Waals surface area contributed by atoms with Gasteiger partial charge in [0.2, 0.25) is 21.8 Å². The third-order valence-electron chi connectivity index (χ3n) is 6.97. The first-order valence-corrected chi connectivity index (χ1v) is 15.3. The Hall–Kier alpha value is -2.98. The number of rotatable bonds is 12. The van der Waals surface area contributed by atoms with Gasteiger partial charge in [0.25, 0.3) is 0 Å². The molecule has 1 atom stereocenters. The van der Waals surface area contributed by atoms with Gasteiger partial charge in [-0.3, -0.25) is 13.9 Å². The summed E-state index contributed by atoms with van der Waals surface area (Å²) in [7, 11) is -1.06. The smallest absolute Gasteiger partial charge is 0.244 e. The number of ether oxygens (including phenoxy) is 2. The molecule has 0 heterocycles. The molecule has 3 rings (SSSR count). The molecule has 9 nitrogen and oxygen atoms in total. The summed E-state index contributed by atoms with van der Waals surface area (Å²) in [5.41, 5.74) is 0.811. The van der Waals surface area contributed by atoms with E-state index in [-0.39, 0.29) is 29.9 Å². The minimum atomic E-state index is -3.94. The first-order valence-electron chi connectivity index (χ1n) is 13.1. The Balaban J connectivity index is 1.98. The first kappa shape index (κ1) is 30.6. The molecule has 2 aromatic rings. The number of hydrogen-bond acceptors (Lipinski definition) is 6. The molecule has 11 heteroatoms. The van der Waals surface area contributed by atoms with Crippen LogP contribution in [0.3, 0.4) is 0 Å². The van der Waals surface area contributed by atoms with Crippen LogP contribution in [0.15, 0.2) is 42.5 Å². The van der Waals surface area contributed by atoms with Gasteiger partial charge in [0.1, 0.15) is 24.1 Å². The zero-order valence-electron chi connectivity index (χ0n) is 23.0. The number of methoxy groups -OCH3 is 2. The third kappa shape index (κ3) is 8.02. The van der Waals surface area contributed by atoms with Crippen molar-refractivity contribution in [2.45, 2.75) is 64.1 Å². The van der Waals surface area contributed by atoms with E-state index in [9.17, 15) is 18.0 Å². The molecule has 0 aliphatic heterocycles. The second kappa shape index (κ2) is 13.9. The van der Waals surface area contributed by atoms with E-state index in [4.69, 9.17) is 21.1 Å². The zero-order chi connectivity index (χ0) is 28.6. The van der Waals surface area contributed by atoms with Crippen molar-refractivity contribution in [1.82, 2.24) is 10.2 Å². The van der Waals surface area contributed by atoms with Crippen molar-refractivity contribution in [2.75, 3.05) is 31.3 Å². The molecule has 1 aliphatic rings. The van der Waals surface area contributed by atoms with Crippen molar-refractivity contribution in [3.63, 3.8) is 0 Å². The van der Waals surface area contributed by atoms with Crippen LogP contribution >= 0.6 is 11.6 Å². The minimum Gasteiger partial charge on any atom is -0.497 e. The maximum atomic E-state index is 14.0. The fourth-order valence-electron chi connectivity index (χ4n) is 4.86. The van der Waals surface area contributed by atoms with E-state index >= 15 is 0 Å². The number of sulfonamides is 1. The lowest BCUT2D eigenvalue weighted by Crippen LogP contribution is -2.54. The van der Waals surface area contributed by atoms with Crippen molar-refractivity contribution in [2.24, 2.45) is 0 Å². The van der Waals surface area contributed by atoms with Crippen LogP contribution in [-0.4, -0.2) is 64.2 Å². The Morgan fingerprint density at radius 1 is 1.08 bits per heavy atom. The lowest BCUT2D eigenvalue weighted by atomic mass is 9.95. The van der Waals surface area contributed by atoms with Crippen LogP contribution in [0.4, 0.5) is 5.69 Å². The van der Waals surface area contributed by atoms with Crippen molar-refractivity contribution in [1.29, 1.82) is 0 Å². The molecule has 0 bridgehead atoms. The molecule has 1 unspecified atom stereocenters. The van der Waals surface area contributed by atoms with Gasteiger partial charge in [-0.15, -0.1) is 0 Å². The van der Waals surface area contributed by atoms with Gasteiger partial charge in [-0.25, -0.2) is 8.42 Å². The molecule has 0 spiro atoms. The molecule has 1 N–H and O–H groups in total. The number of carbonyl (C=O) groups is 2. The summed E-state index contributed by atoms with van der Waals surface area (Å²) in [5, 5.41) is 3.57. The quantitative estimate of drug-likeness (QED) is 0.400. The summed E-state index contributed by atoms with van der Waals surface area (Å²) in [6, 6.07) is 11.0. The Morgan fingerprint density at radius 2 is 1.77 bits per heavy atom. The number of amides is 2. The largest absolute Gasteiger partial charge is 0.497 e. The molecule has 2 aromatic carbocycles. The maximum Gasteiger partial charge on any atom is 0.244 e. The van der Waals surface area contributed by atoms with Crippen LogP contribution in [-0.2, 0) is 26.2 Å². The van der Waals surface area contributed by atoms with E-state index < -0.39 is 28.5 Å². The van der Waals surface area contributed by atoms with E-state index in [0.717, 1.165) is 42.7 Å². The molecule has 39 heavy (non-hydrogen) atoms. The molecule has 2 amide bonds. The molecular weight excluding hydrogens is 542 g/mol. The molecule has 1 saturated carbocycles. The number of carbonyl (C=O) groups excluding carboxylic acids is 2. The van der Waals surface area contributed by atoms with Gasteiger partial charge in [-0.1, -0.05) is 56.0 Å². The Morgan fingerprint density at radius 3 is 2.36 bits per heavy atom. The molecule has 0 aromatic heterocycles. The highest BCUT2D eigenvalue weighted by Crippen LogP contribution is 2.34. The van der Waals surface area contributed by atoms with Gasteiger partial charge in [0.05, 0.1) is 26.2 Å². The lowest BCUT2D eigenvalue weighted by Gasteiger charge is -2.34. The predicted molar refractivity (Wildman–Crippen MR) is 153 cm³/mol. The van der Waals surface area contributed by atoms with Gasteiger partial charge in [-0.05, 0) is 43.0 Å². The SMILES string of the molecule is CCC(C(=O)NC1CCCCC1)N(Cc1ccccc1Cl)C(=O)CN(c1cc(OC)ccc1OC)S(C)(=O)=O. The second-order valence-electron chi connectivity index (χ2n) is 9.69. The summed E-state index contributed by atoms with van der Waals surface area (Å²) in [4.78, 5) is 28.9. The number of halogens is 1. The van der Waals surface area contributed by atoms with Crippen molar-refractivity contribution in [3.05, 3.63) is 53.1 Å². The number of anilines is 1. The summed E-state index contributed by atoms with van der Waals surface area (Å²) in [6.07, 6.45) is 6.41. The Labute approximate surface area is 236 Å². The highest BCUT2D eigenvalue weighted by atomic mass is 35.5. The number of hydrogen-bond donors (Lipinski definition) is 1. The highest BCUT2D eigenvalue weighted by Gasteiger charge is 2.34. The standard InChI is InChI=1S/C28H38ClN3O6S/c1-5-24(28(34)30-21-12-7-6-8-13-21)31(18-20-11-9-10-14-23(20)29)27(33)19-32(39(4,35)36)25-17-22(37-2)15-16-26(25)38-3/h9-11,14-17,21,24H,5-8,12-13,18-19H2,1-4H3,(H,30,34). The fraction of sp³-hybridized carbons (Fsp3) is 0.500. The normalized spacial score (nSPS) is 14.8. The Bertz CT molecular complexity index is 1250. The second-order valence-corrected chi connectivity index (χ2v) is 12.0. The van der Waals surface area contributed by atoms with E-state index in [0.29, 0.717) is 22.8 Å². The van der Waals surface area contributed by atoms with E-state index in [1.54, 1.807) is 36.4 Å². The van der Waals surface area contributed by atoms with Crippen molar-refractivity contribution < 1.29 is 27.5 Å². The van der Waals surface area contributed by atoms with Gasteiger partial charge in [-0.2, -0.15) is 0 Å². The number of benzene rings is 2. The lowest BCUT2D eigenvalue weighted by molar-refractivity contribution is -0.140. The highest BCUT2D eigenvalue weighted by molar-refractivity contribution is 7.92. The van der Waals surface area contributed by atoms with Gasteiger partial charge < -0.3 is 19.7 Å². The monoisotopic (exact) mass is 579 g/mol. The van der Waals surface area contributed by atoms with Crippen LogP contribution < -0.4 is 19.1 Å². The summed E-state index contributed by atoms with van der Waals surface area (Å²) in [6.45, 7) is 1.33. The molecular formula is C28H38ClN3O6S. The topological polar surface area (TPSA) is 105 Å². The van der Waals surface area contributed by atoms with E-state index in [1.165, 1.54) is 25.2 Å². The van der Waals surface area contributed by atoms with Crippen LogP contribution in [0, 0.1) is 0 Å². The zero-order valence-corrected chi connectivity index (χ0v) is 24.6. The predicted octanol–water partition coefficient (Wildman–Crippen LogP) is 4.38. The summed E-state index contributed by atoms with van der Waals surface area (Å²) >= 11 is 6.43. The van der Waals surface area contributed by atoms with E-state index in [1.807, 2.05) is 6.92 Å². The first-order chi connectivity index (χ1) is 18.6. The minimum absolute atomic E-state index is 0.0436.